The van der Waals surface area contributed by atoms with Crippen molar-refractivity contribution in [1.82, 2.24) is 5.32 Å². The van der Waals surface area contributed by atoms with E-state index in [1.807, 2.05) is 0 Å². The summed E-state index contributed by atoms with van der Waals surface area (Å²) in [5.41, 5.74) is 5.84. The van der Waals surface area contributed by atoms with Crippen LogP contribution in [0.4, 0.5) is 0 Å². The summed E-state index contributed by atoms with van der Waals surface area (Å²) in [4.78, 5) is 0. The molecule has 110 valence electrons. The maximum atomic E-state index is 3.57. The molecule has 0 spiro atoms. The van der Waals surface area contributed by atoms with Gasteiger partial charge in [0.25, 0.3) is 0 Å². The summed E-state index contributed by atoms with van der Waals surface area (Å²) in [6.07, 6.45) is 1.21. The number of nitrogens with one attached hydrogen (secondary N) is 1. The fourth-order valence-electron chi connectivity index (χ4n) is 3.47. The topological polar surface area (TPSA) is 12.0 Å². The molecule has 2 heteroatoms. The highest BCUT2D eigenvalue weighted by molar-refractivity contribution is 9.10. The maximum Gasteiger partial charge on any atom is 0.0175 e. The number of aryl methyl sites for hydroxylation is 1. The van der Waals surface area contributed by atoms with Crippen molar-refractivity contribution in [3.05, 3.63) is 69.2 Å². The highest BCUT2D eigenvalue weighted by Gasteiger charge is 2.28. The van der Waals surface area contributed by atoms with Gasteiger partial charge in [-0.3, -0.25) is 0 Å². The molecule has 0 aliphatic carbocycles. The molecule has 1 aliphatic heterocycles. The first-order valence-electron chi connectivity index (χ1n) is 7.69. The molecule has 0 amide bonds. The molecule has 1 nitrogen and oxygen atoms in total. The van der Waals surface area contributed by atoms with Gasteiger partial charge in [0.15, 0.2) is 0 Å². The predicted octanol–water partition coefficient (Wildman–Crippen LogP) is 4.93. The normalized spacial score (nSPS) is 22.2. The minimum absolute atomic E-state index is 0.562. The van der Waals surface area contributed by atoms with Crippen LogP contribution in [0.25, 0.3) is 0 Å². The fraction of sp³-hybridized carbons (Fsp3) is 0.368. The second-order valence-corrected chi connectivity index (χ2v) is 6.96. The number of hydrogen-bond acceptors (Lipinski definition) is 1. The Labute approximate surface area is 135 Å². The summed E-state index contributed by atoms with van der Waals surface area (Å²) in [5.74, 6) is 1.18. The van der Waals surface area contributed by atoms with Crippen LogP contribution >= 0.6 is 15.9 Å². The number of halogens is 1. The summed E-state index contributed by atoms with van der Waals surface area (Å²) in [5, 5.41) is 3.57. The smallest absolute Gasteiger partial charge is 0.0175 e. The Bertz CT molecular complexity index is 618. The third-order valence-electron chi connectivity index (χ3n) is 4.83. The van der Waals surface area contributed by atoms with Gasteiger partial charge in [-0.2, -0.15) is 0 Å². The van der Waals surface area contributed by atoms with Crippen LogP contribution in [0.5, 0.6) is 0 Å². The van der Waals surface area contributed by atoms with Crippen LogP contribution in [-0.2, 0) is 0 Å². The lowest BCUT2D eigenvalue weighted by Gasteiger charge is -2.34. The molecule has 0 bridgehead atoms. The largest absolute Gasteiger partial charge is 0.316 e. The lowest BCUT2D eigenvalue weighted by Crippen LogP contribution is -2.34. The molecule has 1 heterocycles. The van der Waals surface area contributed by atoms with E-state index in [-0.39, 0.29) is 0 Å². The molecule has 0 aromatic heterocycles. The Hall–Kier alpha value is -1.12. The molecule has 1 fully saturated rings. The van der Waals surface area contributed by atoms with E-state index in [0.717, 1.165) is 17.6 Å². The van der Waals surface area contributed by atoms with Gasteiger partial charge in [0.1, 0.15) is 0 Å². The molecule has 0 radical (unpaired) electrons. The molecule has 1 saturated heterocycles. The van der Waals surface area contributed by atoms with Gasteiger partial charge in [0, 0.05) is 16.9 Å². The van der Waals surface area contributed by atoms with Crippen molar-refractivity contribution >= 4 is 15.9 Å². The SMILES string of the molecule is Cc1cccc(C2CCNCC2c2ccc(Br)cc2)c1C. The highest BCUT2D eigenvalue weighted by atomic mass is 79.9. The van der Waals surface area contributed by atoms with Crippen molar-refractivity contribution in [1.29, 1.82) is 0 Å². The number of benzene rings is 2. The molecule has 3 rings (SSSR count). The summed E-state index contributed by atoms with van der Waals surface area (Å²) in [7, 11) is 0. The summed E-state index contributed by atoms with van der Waals surface area (Å²) < 4.78 is 1.15. The second kappa shape index (κ2) is 6.33. The van der Waals surface area contributed by atoms with Gasteiger partial charge >= 0.3 is 0 Å². The van der Waals surface area contributed by atoms with Crippen LogP contribution in [0.15, 0.2) is 46.9 Å². The van der Waals surface area contributed by atoms with Crippen LogP contribution in [0.2, 0.25) is 0 Å². The van der Waals surface area contributed by atoms with Crippen LogP contribution in [-0.4, -0.2) is 13.1 Å². The molecule has 2 unspecified atom stereocenters. The van der Waals surface area contributed by atoms with Gasteiger partial charge in [0.2, 0.25) is 0 Å². The Kier molecular flexibility index (Phi) is 4.46. The molecule has 0 saturated carbocycles. The van der Waals surface area contributed by atoms with Crippen LogP contribution in [0.1, 0.15) is 40.5 Å². The van der Waals surface area contributed by atoms with E-state index < -0.39 is 0 Å². The molecule has 1 aliphatic rings. The highest BCUT2D eigenvalue weighted by Crippen LogP contribution is 2.39. The fourth-order valence-corrected chi connectivity index (χ4v) is 3.73. The minimum Gasteiger partial charge on any atom is -0.316 e. The average molecular weight is 344 g/mol. The predicted molar refractivity (Wildman–Crippen MR) is 93.0 cm³/mol. The summed E-state index contributed by atoms with van der Waals surface area (Å²) in [6.45, 7) is 6.67. The van der Waals surface area contributed by atoms with Crippen LogP contribution in [0.3, 0.4) is 0 Å². The number of piperidine rings is 1. The van der Waals surface area contributed by atoms with Gasteiger partial charge in [0.05, 0.1) is 0 Å². The third-order valence-corrected chi connectivity index (χ3v) is 5.35. The standard InChI is InChI=1S/C19H22BrN/c1-13-4-3-5-17(14(13)2)18-10-11-21-12-19(18)15-6-8-16(20)9-7-15/h3-9,18-19,21H,10-12H2,1-2H3. The van der Waals surface area contributed by atoms with Crippen molar-refractivity contribution < 1.29 is 0 Å². The molecule has 21 heavy (non-hydrogen) atoms. The van der Waals surface area contributed by atoms with E-state index in [1.165, 1.54) is 28.7 Å². The van der Waals surface area contributed by atoms with E-state index in [0.29, 0.717) is 11.8 Å². The first kappa shape index (κ1) is 14.8. The van der Waals surface area contributed by atoms with Crippen molar-refractivity contribution in [2.75, 3.05) is 13.1 Å². The maximum absolute atomic E-state index is 3.57. The zero-order valence-corrected chi connectivity index (χ0v) is 14.3. The summed E-state index contributed by atoms with van der Waals surface area (Å²) >= 11 is 3.54. The molecule has 2 atom stereocenters. The second-order valence-electron chi connectivity index (χ2n) is 6.05. The minimum atomic E-state index is 0.562. The third kappa shape index (κ3) is 3.07. The van der Waals surface area contributed by atoms with Gasteiger partial charge in [-0.15, -0.1) is 0 Å². The van der Waals surface area contributed by atoms with E-state index >= 15 is 0 Å². The number of rotatable bonds is 2. The Morgan fingerprint density at radius 3 is 2.52 bits per heavy atom. The van der Waals surface area contributed by atoms with Crippen molar-refractivity contribution in [3.63, 3.8) is 0 Å². The Morgan fingerprint density at radius 1 is 1.00 bits per heavy atom. The average Bonchev–Trinajstić information content (AvgIpc) is 2.51. The molecule has 2 aromatic rings. The molecular formula is C19H22BrN. The Morgan fingerprint density at radius 2 is 1.76 bits per heavy atom. The zero-order chi connectivity index (χ0) is 14.8. The van der Waals surface area contributed by atoms with E-state index in [9.17, 15) is 0 Å². The van der Waals surface area contributed by atoms with Crippen molar-refractivity contribution in [2.45, 2.75) is 32.1 Å². The molecule has 1 N–H and O–H groups in total. The first-order chi connectivity index (χ1) is 10.2. The number of hydrogen-bond donors (Lipinski definition) is 1. The van der Waals surface area contributed by atoms with Gasteiger partial charge in [-0.25, -0.2) is 0 Å². The van der Waals surface area contributed by atoms with E-state index in [1.54, 1.807) is 0 Å². The quantitative estimate of drug-likeness (QED) is 0.815. The lowest BCUT2D eigenvalue weighted by atomic mass is 9.75. The van der Waals surface area contributed by atoms with E-state index in [2.05, 4.69) is 77.6 Å². The van der Waals surface area contributed by atoms with Crippen molar-refractivity contribution in [3.8, 4) is 0 Å². The Balaban J connectivity index is 1.98. The van der Waals surface area contributed by atoms with Crippen LogP contribution in [0, 0.1) is 13.8 Å². The molecular weight excluding hydrogens is 322 g/mol. The zero-order valence-electron chi connectivity index (χ0n) is 12.7. The van der Waals surface area contributed by atoms with E-state index in [4.69, 9.17) is 0 Å². The van der Waals surface area contributed by atoms with Gasteiger partial charge < -0.3 is 5.32 Å². The summed E-state index contributed by atoms with van der Waals surface area (Å²) in [6, 6.07) is 15.6. The molecule has 2 aromatic carbocycles. The van der Waals surface area contributed by atoms with Crippen LogP contribution < -0.4 is 5.32 Å². The first-order valence-corrected chi connectivity index (χ1v) is 8.48. The van der Waals surface area contributed by atoms with Crippen molar-refractivity contribution in [2.24, 2.45) is 0 Å². The van der Waals surface area contributed by atoms with Gasteiger partial charge in [-0.05, 0) is 67.1 Å². The van der Waals surface area contributed by atoms with Gasteiger partial charge in [-0.1, -0.05) is 46.3 Å². The monoisotopic (exact) mass is 343 g/mol. The lowest BCUT2D eigenvalue weighted by molar-refractivity contribution is 0.403.